The Morgan fingerprint density at radius 3 is 2.25 bits per heavy atom. The van der Waals surface area contributed by atoms with Crippen LogP contribution in [0.15, 0.2) is 0 Å². The molecule has 0 spiro atoms. The second kappa shape index (κ2) is 4.23. The fourth-order valence-corrected chi connectivity index (χ4v) is 0.212. The van der Waals surface area contributed by atoms with Crippen molar-refractivity contribution in [3.8, 4) is 0 Å². The Balaban J connectivity index is 0. The summed E-state index contributed by atoms with van der Waals surface area (Å²) in [7, 11) is 0. The molecule has 0 atom stereocenters. The lowest BCUT2D eigenvalue weighted by Crippen LogP contribution is -1.69. The van der Waals surface area contributed by atoms with E-state index in [0.717, 1.165) is 0 Å². The molecule has 0 saturated carbocycles. The van der Waals surface area contributed by atoms with Gasteiger partial charge in [0.25, 0.3) is 0 Å². The normalized spacial score (nSPS) is 7.38. The number of rotatable bonds is 0. The summed E-state index contributed by atoms with van der Waals surface area (Å²) in [6.45, 7) is 5.77. The molecule has 0 aliphatic carbocycles. The molecule has 4 heteroatoms. The third-order valence-corrected chi connectivity index (χ3v) is 0.451. The number of aromatic nitrogens is 4. The van der Waals surface area contributed by atoms with Crippen molar-refractivity contribution >= 4 is 0 Å². The van der Waals surface area contributed by atoms with Crippen LogP contribution >= 0.6 is 0 Å². The van der Waals surface area contributed by atoms with E-state index in [1.54, 1.807) is 6.92 Å². The van der Waals surface area contributed by atoms with Gasteiger partial charge in [-0.3, -0.25) is 0 Å². The van der Waals surface area contributed by atoms with E-state index >= 15 is 0 Å². The second-order valence-electron chi connectivity index (χ2n) is 0.959. The van der Waals surface area contributed by atoms with Gasteiger partial charge in [0.2, 0.25) is 0 Å². The lowest BCUT2D eigenvalue weighted by molar-refractivity contribution is 0.881. The standard InChI is InChI=1S/C2H4N4.C2H6.H2/c1-2-3-5-6-4-2;1-2;/h1H3,(H,3,4,5,6);1-2H3;1H. The summed E-state index contributed by atoms with van der Waals surface area (Å²) in [5.74, 6) is 0.676. The number of nitrogens with one attached hydrogen (secondary N) is 1. The Labute approximate surface area is 49.8 Å². The van der Waals surface area contributed by atoms with Gasteiger partial charge < -0.3 is 0 Å². The highest BCUT2D eigenvalue weighted by molar-refractivity contribution is 4.63. The predicted octanol–water partition coefficient (Wildman–Crippen LogP) is 0.780. The molecule has 1 heterocycles. The Kier molecular flexibility index (Phi) is 3.74. The van der Waals surface area contributed by atoms with Crippen molar-refractivity contribution in [2.24, 2.45) is 0 Å². The molecule has 0 amide bonds. The maximum Gasteiger partial charge on any atom is 0.171 e. The molecule has 0 aromatic carbocycles. The van der Waals surface area contributed by atoms with Gasteiger partial charge in [-0.25, -0.2) is 0 Å². The van der Waals surface area contributed by atoms with E-state index in [-0.39, 0.29) is 1.43 Å². The molecule has 0 aliphatic heterocycles. The number of aryl methyl sites for hydroxylation is 1. The van der Waals surface area contributed by atoms with Crippen molar-refractivity contribution in [3.63, 3.8) is 0 Å². The molecule has 1 aromatic rings. The first-order valence-corrected chi connectivity index (χ1v) is 2.59. The lowest BCUT2D eigenvalue weighted by atomic mass is 10.8. The van der Waals surface area contributed by atoms with Crippen LogP contribution in [0.3, 0.4) is 0 Å². The van der Waals surface area contributed by atoms with Gasteiger partial charge in [-0.05, 0) is 6.92 Å². The van der Waals surface area contributed by atoms with Gasteiger partial charge in [-0.1, -0.05) is 19.1 Å². The quantitative estimate of drug-likeness (QED) is 0.545. The van der Waals surface area contributed by atoms with E-state index < -0.39 is 0 Å². The molecule has 0 bridgehead atoms. The summed E-state index contributed by atoms with van der Waals surface area (Å²) < 4.78 is 0. The van der Waals surface area contributed by atoms with Crippen LogP contribution in [0.25, 0.3) is 0 Å². The number of nitrogens with zero attached hydrogens (tertiary/aromatic N) is 3. The van der Waals surface area contributed by atoms with Gasteiger partial charge in [-0.15, -0.1) is 10.2 Å². The Hall–Kier alpha value is -0.930. The Bertz CT molecular complexity index is 116. The highest BCUT2D eigenvalue weighted by Crippen LogP contribution is 1.69. The van der Waals surface area contributed by atoms with Gasteiger partial charge in [0.15, 0.2) is 5.82 Å². The zero-order chi connectivity index (χ0) is 6.41. The molecule has 0 saturated heterocycles. The van der Waals surface area contributed by atoms with Crippen LogP contribution in [-0.2, 0) is 0 Å². The maximum absolute atomic E-state index is 3.57. The fraction of sp³-hybridized carbons (Fsp3) is 0.750. The Morgan fingerprint density at radius 2 is 2.12 bits per heavy atom. The molecule has 1 N–H and O–H groups in total. The minimum Gasteiger partial charge on any atom is -0.177 e. The average Bonchev–Trinajstić information content (AvgIpc) is 2.24. The minimum absolute atomic E-state index is 0. The first-order valence-electron chi connectivity index (χ1n) is 2.59. The molecule has 0 unspecified atom stereocenters. The van der Waals surface area contributed by atoms with E-state index in [2.05, 4.69) is 20.6 Å². The van der Waals surface area contributed by atoms with Crippen LogP contribution in [0.5, 0.6) is 0 Å². The number of hydrogen-bond donors (Lipinski definition) is 1. The zero-order valence-electron chi connectivity index (χ0n) is 5.34. The van der Waals surface area contributed by atoms with Crippen LogP contribution in [0.4, 0.5) is 0 Å². The molecule has 48 valence electrons. The van der Waals surface area contributed by atoms with Gasteiger partial charge in [0.1, 0.15) is 0 Å². The molecular weight excluding hydrogens is 104 g/mol. The summed E-state index contributed by atoms with van der Waals surface area (Å²) >= 11 is 0. The monoisotopic (exact) mass is 116 g/mol. The highest BCUT2D eigenvalue weighted by Gasteiger charge is 1.78. The smallest absolute Gasteiger partial charge is 0.171 e. The topological polar surface area (TPSA) is 54.5 Å². The predicted molar refractivity (Wildman–Crippen MR) is 32.4 cm³/mol. The van der Waals surface area contributed by atoms with Crippen LogP contribution in [0, 0.1) is 6.92 Å². The van der Waals surface area contributed by atoms with E-state index in [1.807, 2.05) is 13.8 Å². The molecule has 0 aliphatic rings. The summed E-state index contributed by atoms with van der Waals surface area (Å²) in [6, 6.07) is 0. The van der Waals surface area contributed by atoms with Crippen molar-refractivity contribution in [2.75, 3.05) is 0 Å². The number of aromatic amines is 1. The van der Waals surface area contributed by atoms with E-state index in [1.165, 1.54) is 0 Å². The van der Waals surface area contributed by atoms with Crippen LogP contribution in [0.1, 0.15) is 21.1 Å². The third-order valence-electron chi connectivity index (χ3n) is 0.451. The summed E-state index contributed by atoms with van der Waals surface area (Å²) in [5, 5.41) is 12.7. The third kappa shape index (κ3) is 2.28. The van der Waals surface area contributed by atoms with E-state index in [9.17, 15) is 0 Å². The number of tetrazole rings is 1. The van der Waals surface area contributed by atoms with Crippen molar-refractivity contribution in [3.05, 3.63) is 5.82 Å². The average molecular weight is 116 g/mol. The lowest BCUT2D eigenvalue weighted by Gasteiger charge is -1.59. The van der Waals surface area contributed by atoms with Gasteiger partial charge in [0, 0.05) is 1.43 Å². The minimum atomic E-state index is 0. The maximum atomic E-state index is 3.57. The molecule has 1 aromatic heterocycles. The van der Waals surface area contributed by atoms with Crippen molar-refractivity contribution in [1.29, 1.82) is 0 Å². The van der Waals surface area contributed by atoms with Gasteiger partial charge in [0.05, 0.1) is 0 Å². The molecule has 0 radical (unpaired) electrons. The molecule has 8 heavy (non-hydrogen) atoms. The van der Waals surface area contributed by atoms with Gasteiger partial charge in [-0.2, -0.15) is 5.21 Å². The second-order valence-corrected chi connectivity index (χ2v) is 0.959. The van der Waals surface area contributed by atoms with Gasteiger partial charge >= 0.3 is 0 Å². The number of hydrogen-bond acceptors (Lipinski definition) is 3. The molecular formula is C4H12N4. The summed E-state index contributed by atoms with van der Waals surface area (Å²) in [6.07, 6.45) is 0. The highest BCUT2D eigenvalue weighted by atomic mass is 15.5. The summed E-state index contributed by atoms with van der Waals surface area (Å²) in [5.41, 5.74) is 0. The van der Waals surface area contributed by atoms with Crippen molar-refractivity contribution in [2.45, 2.75) is 20.8 Å². The van der Waals surface area contributed by atoms with E-state index in [0.29, 0.717) is 5.82 Å². The van der Waals surface area contributed by atoms with Crippen LogP contribution in [-0.4, -0.2) is 20.6 Å². The van der Waals surface area contributed by atoms with Crippen LogP contribution < -0.4 is 0 Å². The summed E-state index contributed by atoms with van der Waals surface area (Å²) in [4.78, 5) is 0. The van der Waals surface area contributed by atoms with Crippen molar-refractivity contribution in [1.82, 2.24) is 20.6 Å². The SMILES string of the molecule is CC.Cc1nn[nH]n1.[HH]. The molecule has 4 nitrogen and oxygen atoms in total. The van der Waals surface area contributed by atoms with Crippen LogP contribution in [0.2, 0.25) is 0 Å². The zero-order valence-corrected chi connectivity index (χ0v) is 5.34. The first-order chi connectivity index (χ1) is 3.89. The fourth-order valence-electron chi connectivity index (χ4n) is 0.212. The largest absolute Gasteiger partial charge is 0.177 e. The molecule has 0 fully saturated rings. The Morgan fingerprint density at radius 1 is 1.50 bits per heavy atom. The first kappa shape index (κ1) is 7.07. The van der Waals surface area contributed by atoms with Crippen molar-refractivity contribution < 1.29 is 1.43 Å². The molecule has 1 rings (SSSR count). The van der Waals surface area contributed by atoms with E-state index in [4.69, 9.17) is 0 Å². The number of H-pyrrole nitrogens is 1.